The minimum Gasteiger partial charge on any atom is -0.493 e. The number of fused-ring (bicyclic) bond motifs is 6. The Balaban J connectivity index is 0.606. The van der Waals surface area contributed by atoms with Crippen molar-refractivity contribution in [1.29, 1.82) is 0 Å². The Morgan fingerprint density at radius 1 is 0.626 bits per heavy atom. The molecule has 0 radical (unpaired) electrons. The molecule has 99 heavy (non-hydrogen) atoms. The number of hydrogen-bond donors (Lipinski definition) is 2. The molecule has 564 valence electrons. The molecule has 27 nitrogen and oxygen atoms in total. The standard InChI is InChI=1S/C72H114O27/c1-34-26-48(77-12)59(75)67(84-34)92-44-20-23-69(10)43(27-44)18-19-45-46(69)21-24-70(11)47(45)22-25-72(70,76)41(8)90-54-31-52-64(39(6)88-54)98-99-71(33-83-52)32-53(81-16)63(40(7)97-71)95-57-29-50(79-14)61(37(4)86-57)93-55-28-49(78-13)60(36(3)85-55)94-56-30-51(80-15)62(38(5)87-56)96-68-66(91-42(9)73)65(82-17)58(74)35(2)89-68/h18,26,34-41,44-47,49-58,60-68,74,76H,19-25,27-33H2,1-17H3/t34-,35+,36-,37+,38+,39+,40-,41+,44+,45-,46+,47+,49-,50+,51+,52+,53-,54+,55-,56-,57+,58-,60+,61-,62+,63-,64+,65+,66-,67-,68+,69+,70-,71+,72-/m0/s1. The van der Waals surface area contributed by atoms with E-state index in [1.807, 2.05) is 48.5 Å². The molecule has 10 fully saturated rings. The van der Waals surface area contributed by atoms with Gasteiger partial charge >= 0.3 is 5.97 Å². The van der Waals surface area contributed by atoms with Gasteiger partial charge in [0.25, 0.3) is 5.78 Å². The summed E-state index contributed by atoms with van der Waals surface area (Å²) < 4.78 is 132. The zero-order valence-corrected chi connectivity index (χ0v) is 61.1. The lowest BCUT2D eigenvalue weighted by atomic mass is 9.46. The number of allylic oxidation sites excluding steroid dienone is 1. The molecule has 0 aromatic heterocycles. The summed E-state index contributed by atoms with van der Waals surface area (Å²) in [6, 6.07) is 0. The lowest BCUT2D eigenvalue weighted by molar-refractivity contribution is -0.472. The molecule has 12 rings (SSSR count). The van der Waals surface area contributed by atoms with Gasteiger partial charge in [0.2, 0.25) is 12.1 Å². The van der Waals surface area contributed by atoms with Gasteiger partial charge in [-0.3, -0.25) is 9.59 Å². The van der Waals surface area contributed by atoms with Crippen molar-refractivity contribution >= 4 is 11.8 Å². The minimum absolute atomic E-state index is 0.0143. The predicted octanol–water partition coefficient (Wildman–Crippen LogP) is 6.73. The zero-order valence-electron chi connectivity index (χ0n) is 61.1. The van der Waals surface area contributed by atoms with E-state index >= 15 is 0 Å². The second-order valence-corrected chi connectivity index (χ2v) is 30.7. The van der Waals surface area contributed by atoms with E-state index < -0.39 is 177 Å². The topological polar surface area (TPSA) is 287 Å². The van der Waals surface area contributed by atoms with Crippen molar-refractivity contribution in [1.82, 2.24) is 0 Å². The lowest BCUT2D eigenvalue weighted by Gasteiger charge is -2.59. The second-order valence-electron chi connectivity index (χ2n) is 30.7. The third-order valence-electron chi connectivity index (χ3n) is 24.8. The number of ether oxygens (including phenoxy) is 21. The third-order valence-corrected chi connectivity index (χ3v) is 24.8. The number of carbonyl (C=O) groups is 2. The number of rotatable bonds is 20. The summed E-state index contributed by atoms with van der Waals surface area (Å²) in [4.78, 5) is 37.8. The number of esters is 1. The molecule has 0 unspecified atom stereocenters. The van der Waals surface area contributed by atoms with E-state index in [-0.39, 0.29) is 54.0 Å². The zero-order chi connectivity index (χ0) is 70.8. The van der Waals surface area contributed by atoms with Gasteiger partial charge in [0, 0.05) is 80.0 Å². The van der Waals surface area contributed by atoms with Crippen LogP contribution in [0.15, 0.2) is 23.5 Å². The minimum atomic E-state index is -1.34. The number of hydrogen-bond acceptors (Lipinski definition) is 27. The van der Waals surface area contributed by atoms with E-state index in [0.29, 0.717) is 43.4 Å². The molecular weight excluding hydrogens is 1300 g/mol. The van der Waals surface area contributed by atoms with Crippen LogP contribution in [0.3, 0.4) is 0 Å². The van der Waals surface area contributed by atoms with Crippen LogP contribution in [-0.2, 0) is 119 Å². The highest BCUT2D eigenvalue weighted by Crippen LogP contribution is 2.68. The fraction of sp³-hybridized carbons (Fsp3) is 0.917. The van der Waals surface area contributed by atoms with E-state index in [0.717, 1.165) is 44.9 Å². The van der Waals surface area contributed by atoms with Crippen molar-refractivity contribution < 1.29 is 129 Å². The van der Waals surface area contributed by atoms with Crippen LogP contribution in [-0.4, -0.2) is 255 Å². The average Bonchev–Trinajstić information content (AvgIpc) is 1.60. The summed E-state index contributed by atoms with van der Waals surface area (Å²) in [6.07, 6.45) is -5.01. The molecule has 0 aromatic carbocycles. The van der Waals surface area contributed by atoms with Gasteiger partial charge in [-0.25, -0.2) is 4.89 Å². The Bertz CT molecular complexity index is 2800. The molecule has 3 saturated carbocycles. The highest BCUT2D eigenvalue weighted by molar-refractivity contribution is 5.96. The molecule has 0 bridgehead atoms. The quantitative estimate of drug-likeness (QED) is 0.0726. The summed E-state index contributed by atoms with van der Waals surface area (Å²) in [5, 5.41) is 23.8. The average molecular weight is 1410 g/mol. The Kier molecular flexibility index (Phi) is 24.0. The number of carbonyl (C=O) groups excluding carboxylic acids is 2. The van der Waals surface area contributed by atoms with Gasteiger partial charge in [-0.05, 0) is 136 Å². The molecule has 2 N–H and O–H groups in total. The first-order chi connectivity index (χ1) is 47.2. The van der Waals surface area contributed by atoms with E-state index in [1.54, 1.807) is 41.4 Å². The molecular formula is C72H114O27. The van der Waals surface area contributed by atoms with Crippen LogP contribution in [0.2, 0.25) is 0 Å². The van der Waals surface area contributed by atoms with Crippen molar-refractivity contribution in [2.75, 3.05) is 49.3 Å². The molecule has 8 heterocycles. The van der Waals surface area contributed by atoms with E-state index in [4.69, 9.17) is 109 Å². The second kappa shape index (κ2) is 31.1. The molecule has 27 heteroatoms. The summed E-state index contributed by atoms with van der Waals surface area (Å²) in [5.41, 5.74) is -0.0154. The van der Waals surface area contributed by atoms with Crippen LogP contribution in [0.1, 0.15) is 160 Å². The van der Waals surface area contributed by atoms with E-state index in [2.05, 4.69) is 19.9 Å². The van der Waals surface area contributed by atoms with Crippen molar-refractivity contribution in [2.24, 2.45) is 28.6 Å². The SMILES string of the molecule is COC1=C[C@H](C)O[C@@H](O[C@@H]2CC[C@]3(C)C(=CC[C@@H]4[C@H]5CC[C@](O)([C@@H](C)O[C@@H]6C[C@H]7OC[C@@]8(C[C@H](OC)[C@@H](O[C@@H]9C[C@@H](OC)[C@@H](O[C@H]%10C[C@H](OC)[C@H](O[C@H]%11C[C@@H](OC)[C@H](O[C@H]%12O[C@H](C)[C@H](O)[C@@H](OC)[C@@H]%12OC(C)=O)[C@@H](C)O%11)[C@H](C)O%10)[C@@H](C)O9)[C@H](C)O8)OO[C@@H]7[C@@H](C)O6)[C@@]5(C)CC[C@H]43)C2)C1=O. The van der Waals surface area contributed by atoms with Gasteiger partial charge in [0.05, 0.1) is 98.2 Å². The van der Waals surface area contributed by atoms with E-state index in [9.17, 15) is 19.8 Å². The van der Waals surface area contributed by atoms with Crippen LogP contribution in [0.5, 0.6) is 0 Å². The normalized spacial score (nSPS) is 50.6. The largest absolute Gasteiger partial charge is 0.493 e. The Morgan fingerprint density at radius 2 is 1.21 bits per heavy atom. The summed E-state index contributed by atoms with van der Waals surface area (Å²) in [7, 11) is 9.40. The predicted molar refractivity (Wildman–Crippen MR) is 345 cm³/mol. The van der Waals surface area contributed by atoms with Crippen molar-refractivity contribution in [2.45, 2.75) is 343 Å². The molecule has 1 spiro atoms. The van der Waals surface area contributed by atoms with Gasteiger partial charge in [-0.2, -0.15) is 4.89 Å². The maximum Gasteiger partial charge on any atom is 0.303 e. The van der Waals surface area contributed by atoms with Crippen molar-refractivity contribution in [3.8, 4) is 0 Å². The van der Waals surface area contributed by atoms with Crippen molar-refractivity contribution in [3.63, 3.8) is 0 Å². The maximum atomic E-state index is 13.1. The first-order valence-electron chi connectivity index (χ1n) is 36.4. The Hall–Kier alpha value is -2.50. The number of aliphatic hydroxyl groups excluding tert-OH is 1. The van der Waals surface area contributed by atoms with Crippen LogP contribution in [0, 0.1) is 28.6 Å². The van der Waals surface area contributed by atoms with Gasteiger partial charge in [0.1, 0.15) is 49.3 Å². The van der Waals surface area contributed by atoms with Gasteiger partial charge in [0.15, 0.2) is 43.3 Å². The summed E-state index contributed by atoms with van der Waals surface area (Å²) in [5.74, 6) is -0.675. The lowest BCUT2D eigenvalue weighted by Crippen LogP contribution is -2.62. The van der Waals surface area contributed by atoms with Gasteiger partial charge < -0.3 is 110 Å². The summed E-state index contributed by atoms with van der Waals surface area (Å²) in [6.45, 7) is 21.1. The first kappa shape index (κ1) is 76.2. The molecule has 35 atom stereocenters. The number of ketones is 1. The van der Waals surface area contributed by atoms with Gasteiger partial charge in [-0.15, -0.1) is 0 Å². The highest BCUT2D eigenvalue weighted by Gasteiger charge is 2.66. The Labute approximate surface area is 583 Å². The third kappa shape index (κ3) is 15.1. The number of aliphatic hydroxyl groups is 2. The number of Topliss-reactive ketones (excluding diaryl/α,β-unsaturated/α-hetero) is 1. The molecule has 0 aromatic rings. The van der Waals surface area contributed by atoms with Crippen molar-refractivity contribution in [3.05, 3.63) is 23.5 Å². The van der Waals surface area contributed by atoms with Crippen LogP contribution in [0.4, 0.5) is 0 Å². The monoisotopic (exact) mass is 1410 g/mol. The smallest absolute Gasteiger partial charge is 0.303 e. The molecule has 7 saturated heterocycles. The van der Waals surface area contributed by atoms with Crippen LogP contribution >= 0.6 is 0 Å². The molecule has 8 aliphatic heterocycles. The molecule has 12 aliphatic rings. The Morgan fingerprint density at radius 3 is 1.80 bits per heavy atom. The van der Waals surface area contributed by atoms with Crippen LogP contribution in [0.25, 0.3) is 0 Å². The maximum absolute atomic E-state index is 13.1. The molecule has 0 amide bonds. The fourth-order valence-electron chi connectivity index (χ4n) is 19.4. The van der Waals surface area contributed by atoms with Crippen LogP contribution < -0.4 is 0 Å². The molecule has 4 aliphatic carbocycles. The summed E-state index contributed by atoms with van der Waals surface area (Å²) >= 11 is 0. The van der Waals surface area contributed by atoms with Gasteiger partial charge in [-0.1, -0.05) is 25.5 Å². The number of methoxy groups -OCH3 is 6. The fourth-order valence-corrected chi connectivity index (χ4v) is 19.4. The van der Waals surface area contributed by atoms with E-state index in [1.165, 1.54) is 26.7 Å². The highest BCUT2D eigenvalue weighted by atomic mass is 17.2. The first-order valence-corrected chi connectivity index (χ1v) is 36.4.